The average molecular weight is 320 g/mol. The van der Waals surface area contributed by atoms with Gasteiger partial charge in [-0.05, 0) is 18.4 Å². The number of ether oxygens (including phenoxy) is 1. The number of sulfone groups is 1. The van der Waals surface area contributed by atoms with E-state index in [1.54, 1.807) is 6.20 Å². The van der Waals surface area contributed by atoms with E-state index in [1.807, 2.05) is 41.1 Å². The summed E-state index contributed by atoms with van der Waals surface area (Å²) in [6.07, 6.45) is 5.10. The SMILES string of the molecule is O=S(=O)(Cc1nccn1Cc1ccccc1)C[C@H]1CCCO1. The van der Waals surface area contributed by atoms with Crippen LogP contribution in [0.25, 0.3) is 0 Å². The van der Waals surface area contributed by atoms with Crippen LogP contribution in [0.1, 0.15) is 24.2 Å². The lowest BCUT2D eigenvalue weighted by Crippen LogP contribution is -2.22. The van der Waals surface area contributed by atoms with Gasteiger partial charge in [0.15, 0.2) is 9.84 Å². The number of hydrogen-bond donors (Lipinski definition) is 0. The zero-order chi connectivity index (χ0) is 15.4. The Hall–Kier alpha value is -1.66. The van der Waals surface area contributed by atoms with E-state index < -0.39 is 9.84 Å². The molecule has 0 N–H and O–H groups in total. The quantitative estimate of drug-likeness (QED) is 0.817. The van der Waals surface area contributed by atoms with Crippen LogP contribution in [0.15, 0.2) is 42.7 Å². The monoisotopic (exact) mass is 320 g/mol. The van der Waals surface area contributed by atoms with Crippen LogP contribution in [0, 0.1) is 0 Å². The molecular formula is C16H20N2O3S. The molecule has 5 nitrogen and oxygen atoms in total. The van der Waals surface area contributed by atoms with E-state index in [4.69, 9.17) is 4.74 Å². The first-order valence-corrected chi connectivity index (χ1v) is 9.30. The van der Waals surface area contributed by atoms with Gasteiger partial charge in [0.05, 0.1) is 11.9 Å². The second-order valence-electron chi connectivity index (χ2n) is 5.65. The van der Waals surface area contributed by atoms with E-state index in [-0.39, 0.29) is 17.6 Å². The highest BCUT2D eigenvalue weighted by Crippen LogP contribution is 2.16. The first-order valence-electron chi connectivity index (χ1n) is 7.48. The molecule has 0 unspecified atom stereocenters. The third kappa shape index (κ3) is 3.96. The molecule has 0 spiro atoms. The Balaban J connectivity index is 1.69. The van der Waals surface area contributed by atoms with Gasteiger partial charge in [-0.2, -0.15) is 0 Å². The lowest BCUT2D eigenvalue weighted by Gasteiger charge is -2.11. The van der Waals surface area contributed by atoms with Crippen molar-refractivity contribution in [3.05, 3.63) is 54.1 Å². The smallest absolute Gasteiger partial charge is 0.160 e. The third-order valence-corrected chi connectivity index (χ3v) is 5.39. The van der Waals surface area contributed by atoms with Gasteiger partial charge in [0.1, 0.15) is 11.6 Å². The fourth-order valence-corrected chi connectivity index (χ4v) is 4.30. The van der Waals surface area contributed by atoms with Crippen molar-refractivity contribution in [2.45, 2.75) is 31.2 Å². The number of benzene rings is 1. The summed E-state index contributed by atoms with van der Waals surface area (Å²) in [6, 6.07) is 9.94. The molecule has 1 atom stereocenters. The summed E-state index contributed by atoms with van der Waals surface area (Å²) in [4.78, 5) is 4.22. The Labute approximate surface area is 130 Å². The van der Waals surface area contributed by atoms with Crippen molar-refractivity contribution in [2.75, 3.05) is 12.4 Å². The van der Waals surface area contributed by atoms with Gasteiger partial charge in [0, 0.05) is 25.5 Å². The van der Waals surface area contributed by atoms with Crippen LogP contribution in [0.3, 0.4) is 0 Å². The van der Waals surface area contributed by atoms with Gasteiger partial charge in [-0.3, -0.25) is 0 Å². The highest BCUT2D eigenvalue weighted by molar-refractivity contribution is 7.90. The molecule has 3 rings (SSSR count). The molecule has 22 heavy (non-hydrogen) atoms. The summed E-state index contributed by atoms with van der Waals surface area (Å²) < 4.78 is 32.0. The summed E-state index contributed by atoms with van der Waals surface area (Å²) >= 11 is 0. The molecule has 1 aromatic carbocycles. The van der Waals surface area contributed by atoms with Gasteiger partial charge in [0.2, 0.25) is 0 Å². The second-order valence-corrected chi connectivity index (χ2v) is 7.76. The Morgan fingerprint density at radius 1 is 1.27 bits per heavy atom. The van der Waals surface area contributed by atoms with E-state index in [9.17, 15) is 8.42 Å². The molecule has 0 aliphatic carbocycles. The number of nitrogens with zero attached hydrogens (tertiary/aromatic N) is 2. The van der Waals surface area contributed by atoms with Crippen LogP contribution in [0.5, 0.6) is 0 Å². The molecule has 1 saturated heterocycles. The molecular weight excluding hydrogens is 300 g/mol. The minimum absolute atomic E-state index is 0.0350. The largest absolute Gasteiger partial charge is 0.377 e. The molecule has 1 aliphatic rings. The fraction of sp³-hybridized carbons (Fsp3) is 0.438. The maximum atomic E-state index is 12.3. The Morgan fingerprint density at radius 3 is 2.82 bits per heavy atom. The molecule has 6 heteroatoms. The Bertz CT molecular complexity index is 704. The molecule has 0 amide bonds. The molecule has 1 aromatic heterocycles. The Kier molecular flexibility index (Phi) is 4.59. The fourth-order valence-electron chi connectivity index (χ4n) is 2.72. The van der Waals surface area contributed by atoms with Gasteiger partial charge in [0.25, 0.3) is 0 Å². The topological polar surface area (TPSA) is 61.2 Å². The summed E-state index contributed by atoms with van der Waals surface area (Å²) in [5.74, 6) is 0.639. The number of imidazole rings is 1. The van der Waals surface area contributed by atoms with Crippen LogP contribution in [-0.4, -0.2) is 36.4 Å². The van der Waals surface area contributed by atoms with Gasteiger partial charge in [-0.1, -0.05) is 30.3 Å². The molecule has 2 heterocycles. The van der Waals surface area contributed by atoms with Gasteiger partial charge in [-0.15, -0.1) is 0 Å². The van der Waals surface area contributed by atoms with E-state index in [1.165, 1.54) is 0 Å². The minimum atomic E-state index is -3.21. The number of aromatic nitrogens is 2. The molecule has 118 valence electrons. The highest BCUT2D eigenvalue weighted by atomic mass is 32.2. The molecule has 0 radical (unpaired) electrons. The van der Waals surface area contributed by atoms with Crippen molar-refractivity contribution in [3.63, 3.8) is 0 Å². The zero-order valence-electron chi connectivity index (χ0n) is 12.4. The van der Waals surface area contributed by atoms with Crippen molar-refractivity contribution in [1.82, 2.24) is 9.55 Å². The standard InChI is InChI=1S/C16H20N2O3S/c19-22(20,12-15-7-4-10-21-15)13-16-17-8-9-18(16)11-14-5-2-1-3-6-14/h1-3,5-6,8-9,15H,4,7,10-13H2/t15-/m1/s1. The van der Waals surface area contributed by atoms with Crippen molar-refractivity contribution in [3.8, 4) is 0 Å². The van der Waals surface area contributed by atoms with E-state index in [0.29, 0.717) is 19.0 Å². The van der Waals surface area contributed by atoms with Gasteiger partial charge < -0.3 is 9.30 Å². The van der Waals surface area contributed by atoms with E-state index in [2.05, 4.69) is 4.98 Å². The second kappa shape index (κ2) is 6.62. The van der Waals surface area contributed by atoms with E-state index >= 15 is 0 Å². The molecule has 2 aromatic rings. The third-order valence-electron chi connectivity index (χ3n) is 3.81. The first kappa shape index (κ1) is 15.2. The van der Waals surface area contributed by atoms with E-state index in [0.717, 1.165) is 18.4 Å². The maximum Gasteiger partial charge on any atom is 0.160 e. The first-order chi connectivity index (χ1) is 10.6. The lowest BCUT2D eigenvalue weighted by atomic mass is 10.2. The van der Waals surface area contributed by atoms with Crippen molar-refractivity contribution in [1.29, 1.82) is 0 Å². The molecule has 1 aliphatic heterocycles. The van der Waals surface area contributed by atoms with Crippen LogP contribution >= 0.6 is 0 Å². The zero-order valence-corrected chi connectivity index (χ0v) is 13.2. The minimum Gasteiger partial charge on any atom is -0.377 e. The summed E-state index contributed by atoms with van der Waals surface area (Å²) in [5, 5.41) is 0. The summed E-state index contributed by atoms with van der Waals surface area (Å²) in [7, 11) is -3.21. The summed E-state index contributed by atoms with van der Waals surface area (Å²) in [5.41, 5.74) is 1.12. The molecule has 1 fully saturated rings. The number of hydrogen-bond acceptors (Lipinski definition) is 4. The highest BCUT2D eigenvalue weighted by Gasteiger charge is 2.24. The molecule has 0 bridgehead atoms. The normalized spacial score (nSPS) is 18.6. The Morgan fingerprint density at radius 2 is 2.09 bits per heavy atom. The van der Waals surface area contributed by atoms with Gasteiger partial charge >= 0.3 is 0 Å². The predicted molar refractivity (Wildman–Crippen MR) is 84.2 cm³/mol. The van der Waals surface area contributed by atoms with Crippen molar-refractivity contribution >= 4 is 9.84 Å². The van der Waals surface area contributed by atoms with Crippen LogP contribution < -0.4 is 0 Å². The molecule has 0 saturated carbocycles. The average Bonchev–Trinajstić information content (AvgIpc) is 3.12. The van der Waals surface area contributed by atoms with Crippen LogP contribution in [-0.2, 0) is 26.9 Å². The number of rotatable bonds is 6. The summed E-state index contributed by atoms with van der Waals surface area (Å²) in [6.45, 7) is 1.30. The van der Waals surface area contributed by atoms with Crippen LogP contribution in [0.4, 0.5) is 0 Å². The van der Waals surface area contributed by atoms with Crippen molar-refractivity contribution < 1.29 is 13.2 Å². The van der Waals surface area contributed by atoms with Crippen LogP contribution in [0.2, 0.25) is 0 Å². The predicted octanol–water partition coefficient (Wildman–Crippen LogP) is 2.03. The lowest BCUT2D eigenvalue weighted by molar-refractivity contribution is 0.127. The van der Waals surface area contributed by atoms with Crippen molar-refractivity contribution in [2.24, 2.45) is 0 Å². The van der Waals surface area contributed by atoms with Gasteiger partial charge in [-0.25, -0.2) is 13.4 Å². The maximum absolute atomic E-state index is 12.3.